The maximum atomic E-state index is 12.6. The molecule has 25 heavy (non-hydrogen) atoms. The minimum Gasteiger partial charge on any atom is -0.324 e. The van der Waals surface area contributed by atoms with E-state index >= 15 is 0 Å². The first-order chi connectivity index (χ1) is 12.2. The normalized spacial score (nSPS) is 15.9. The van der Waals surface area contributed by atoms with Crippen LogP contribution in [0.4, 0.5) is 10.5 Å². The molecule has 6 heteroatoms. The van der Waals surface area contributed by atoms with Gasteiger partial charge in [0.05, 0.1) is 11.7 Å². The number of aryl methyl sites for hydroxylation is 1. The highest BCUT2D eigenvalue weighted by atomic mass is 16.2. The number of anilines is 1. The van der Waals surface area contributed by atoms with Gasteiger partial charge in [0.25, 0.3) is 0 Å². The van der Waals surface area contributed by atoms with Gasteiger partial charge in [-0.1, -0.05) is 12.8 Å². The SMILES string of the molecule is CCN(CCN1CCCCCC1)C(=O)Nc1ccc2c(cnn2C)c1. The van der Waals surface area contributed by atoms with Crippen LogP contribution in [0, 0.1) is 0 Å². The molecule has 1 N–H and O–H groups in total. The summed E-state index contributed by atoms with van der Waals surface area (Å²) in [5, 5.41) is 8.31. The number of hydrogen-bond acceptors (Lipinski definition) is 3. The van der Waals surface area contributed by atoms with E-state index in [1.165, 1.54) is 25.7 Å². The molecule has 0 bridgehead atoms. The second-order valence-corrected chi connectivity index (χ2v) is 6.81. The number of benzene rings is 1. The van der Waals surface area contributed by atoms with Crippen LogP contribution in [-0.4, -0.2) is 58.3 Å². The summed E-state index contributed by atoms with van der Waals surface area (Å²) in [6, 6.07) is 5.87. The van der Waals surface area contributed by atoms with Crippen molar-refractivity contribution < 1.29 is 4.79 Å². The van der Waals surface area contributed by atoms with Crippen molar-refractivity contribution in [3.63, 3.8) is 0 Å². The number of aromatic nitrogens is 2. The summed E-state index contributed by atoms with van der Waals surface area (Å²) in [4.78, 5) is 17.0. The largest absolute Gasteiger partial charge is 0.324 e. The fourth-order valence-corrected chi connectivity index (χ4v) is 3.47. The maximum absolute atomic E-state index is 12.6. The third-order valence-corrected chi connectivity index (χ3v) is 5.05. The Hall–Kier alpha value is -2.08. The summed E-state index contributed by atoms with van der Waals surface area (Å²) in [5.41, 5.74) is 1.88. The van der Waals surface area contributed by atoms with Gasteiger partial charge in [-0.3, -0.25) is 4.68 Å². The van der Waals surface area contributed by atoms with Crippen molar-refractivity contribution in [1.29, 1.82) is 0 Å². The van der Waals surface area contributed by atoms with Crippen LogP contribution in [0.15, 0.2) is 24.4 Å². The molecule has 1 fully saturated rings. The average molecular weight is 343 g/mol. The standard InChI is InChI=1S/C19H29N5O/c1-3-24(13-12-23-10-6-4-5-7-11-23)19(25)21-17-8-9-18-16(14-17)15-20-22(18)2/h8-9,14-15H,3-7,10-13H2,1-2H3,(H,21,25). The monoisotopic (exact) mass is 343 g/mol. The van der Waals surface area contributed by atoms with E-state index in [-0.39, 0.29) is 6.03 Å². The fraction of sp³-hybridized carbons (Fsp3) is 0.579. The van der Waals surface area contributed by atoms with Crippen molar-refractivity contribution in [1.82, 2.24) is 19.6 Å². The molecule has 1 aromatic carbocycles. The molecule has 0 atom stereocenters. The molecular weight excluding hydrogens is 314 g/mol. The molecule has 1 aromatic heterocycles. The summed E-state index contributed by atoms with van der Waals surface area (Å²) in [6.07, 6.45) is 7.06. The van der Waals surface area contributed by atoms with Gasteiger partial charge in [-0.25, -0.2) is 4.79 Å². The average Bonchev–Trinajstić information content (AvgIpc) is 2.82. The molecule has 2 aromatic rings. The molecule has 0 aliphatic carbocycles. The predicted molar refractivity (Wildman–Crippen MR) is 102 cm³/mol. The van der Waals surface area contributed by atoms with E-state index in [0.717, 1.165) is 49.3 Å². The number of hydrogen-bond donors (Lipinski definition) is 1. The summed E-state index contributed by atoms with van der Waals surface area (Å²) in [7, 11) is 1.92. The lowest BCUT2D eigenvalue weighted by molar-refractivity contribution is 0.198. The molecule has 0 spiro atoms. The third kappa shape index (κ3) is 4.51. The van der Waals surface area contributed by atoms with Gasteiger partial charge in [0.2, 0.25) is 0 Å². The Bertz CT molecular complexity index is 703. The quantitative estimate of drug-likeness (QED) is 0.906. The lowest BCUT2D eigenvalue weighted by Crippen LogP contribution is -2.41. The number of amides is 2. The first kappa shape index (κ1) is 17.7. The molecule has 136 valence electrons. The number of nitrogens with zero attached hydrogens (tertiary/aromatic N) is 4. The summed E-state index contributed by atoms with van der Waals surface area (Å²) in [5.74, 6) is 0. The van der Waals surface area contributed by atoms with Crippen molar-refractivity contribution in [3.05, 3.63) is 24.4 Å². The van der Waals surface area contributed by atoms with Crippen molar-refractivity contribution in [2.75, 3.05) is 38.0 Å². The Morgan fingerprint density at radius 3 is 2.72 bits per heavy atom. The lowest BCUT2D eigenvalue weighted by Gasteiger charge is -2.26. The zero-order valence-corrected chi connectivity index (χ0v) is 15.4. The molecule has 2 heterocycles. The Kier molecular flexibility index (Phi) is 5.91. The number of nitrogens with one attached hydrogen (secondary N) is 1. The highest BCUT2D eigenvalue weighted by molar-refractivity contribution is 5.92. The van der Waals surface area contributed by atoms with E-state index in [2.05, 4.69) is 15.3 Å². The van der Waals surface area contributed by atoms with Gasteiger partial charge in [0.15, 0.2) is 0 Å². The van der Waals surface area contributed by atoms with Gasteiger partial charge in [0.1, 0.15) is 0 Å². The number of fused-ring (bicyclic) bond motifs is 1. The van der Waals surface area contributed by atoms with Gasteiger partial charge in [-0.15, -0.1) is 0 Å². The van der Waals surface area contributed by atoms with Crippen LogP contribution in [-0.2, 0) is 7.05 Å². The molecule has 0 unspecified atom stereocenters. The van der Waals surface area contributed by atoms with Crippen LogP contribution >= 0.6 is 0 Å². The van der Waals surface area contributed by atoms with Crippen molar-refractivity contribution in [2.45, 2.75) is 32.6 Å². The van der Waals surface area contributed by atoms with Crippen LogP contribution < -0.4 is 5.32 Å². The minimum absolute atomic E-state index is 0.0273. The van der Waals surface area contributed by atoms with Crippen molar-refractivity contribution in [2.24, 2.45) is 7.05 Å². The molecule has 0 saturated carbocycles. The van der Waals surface area contributed by atoms with Crippen LogP contribution in [0.2, 0.25) is 0 Å². The maximum Gasteiger partial charge on any atom is 0.321 e. The Labute approximate surface area is 149 Å². The molecule has 3 rings (SSSR count). The predicted octanol–water partition coefficient (Wildman–Crippen LogP) is 3.30. The molecule has 1 aliphatic rings. The van der Waals surface area contributed by atoms with Gasteiger partial charge < -0.3 is 15.1 Å². The van der Waals surface area contributed by atoms with E-state index < -0.39 is 0 Å². The van der Waals surface area contributed by atoms with Gasteiger partial charge in [-0.05, 0) is 51.1 Å². The third-order valence-electron chi connectivity index (χ3n) is 5.05. The Morgan fingerprint density at radius 2 is 2.00 bits per heavy atom. The molecular formula is C19H29N5O. The Balaban J connectivity index is 1.57. The van der Waals surface area contributed by atoms with E-state index in [1.807, 2.05) is 47.9 Å². The molecule has 6 nitrogen and oxygen atoms in total. The second kappa shape index (κ2) is 8.34. The van der Waals surface area contributed by atoms with Crippen LogP contribution in [0.1, 0.15) is 32.6 Å². The van der Waals surface area contributed by atoms with E-state index in [1.54, 1.807) is 0 Å². The number of rotatable bonds is 5. The van der Waals surface area contributed by atoms with Crippen molar-refractivity contribution >= 4 is 22.6 Å². The fourth-order valence-electron chi connectivity index (χ4n) is 3.47. The van der Waals surface area contributed by atoms with Gasteiger partial charge in [-0.2, -0.15) is 5.10 Å². The molecule has 0 radical (unpaired) electrons. The second-order valence-electron chi connectivity index (χ2n) is 6.81. The highest BCUT2D eigenvalue weighted by Gasteiger charge is 2.15. The van der Waals surface area contributed by atoms with Crippen LogP contribution in [0.25, 0.3) is 10.9 Å². The first-order valence-electron chi connectivity index (χ1n) is 9.37. The minimum atomic E-state index is -0.0273. The van der Waals surface area contributed by atoms with Crippen molar-refractivity contribution in [3.8, 4) is 0 Å². The number of urea groups is 1. The zero-order chi connectivity index (χ0) is 17.6. The lowest BCUT2D eigenvalue weighted by atomic mass is 10.2. The number of carbonyl (C=O) groups is 1. The first-order valence-corrected chi connectivity index (χ1v) is 9.37. The molecule has 1 saturated heterocycles. The van der Waals surface area contributed by atoms with Crippen LogP contribution in [0.5, 0.6) is 0 Å². The zero-order valence-electron chi connectivity index (χ0n) is 15.4. The highest BCUT2D eigenvalue weighted by Crippen LogP contribution is 2.18. The van der Waals surface area contributed by atoms with Gasteiger partial charge in [0, 0.05) is 37.8 Å². The topological polar surface area (TPSA) is 53.4 Å². The van der Waals surface area contributed by atoms with E-state index in [9.17, 15) is 4.79 Å². The summed E-state index contributed by atoms with van der Waals surface area (Å²) < 4.78 is 1.83. The van der Waals surface area contributed by atoms with Crippen LogP contribution in [0.3, 0.4) is 0 Å². The van der Waals surface area contributed by atoms with Gasteiger partial charge >= 0.3 is 6.03 Å². The van der Waals surface area contributed by atoms with E-state index in [4.69, 9.17) is 0 Å². The molecule has 2 amide bonds. The number of carbonyl (C=O) groups excluding carboxylic acids is 1. The molecule has 1 aliphatic heterocycles. The smallest absolute Gasteiger partial charge is 0.321 e. The number of likely N-dealkylation sites (tertiary alicyclic amines) is 1. The van der Waals surface area contributed by atoms with E-state index in [0.29, 0.717) is 0 Å². The summed E-state index contributed by atoms with van der Waals surface area (Å²) in [6.45, 7) is 6.81. The Morgan fingerprint density at radius 1 is 1.24 bits per heavy atom. The summed E-state index contributed by atoms with van der Waals surface area (Å²) >= 11 is 0. The number of likely N-dealkylation sites (N-methyl/N-ethyl adjacent to an activating group) is 1.